The maximum Gasteiger partial charge on any atom is 0.254 e. The molecule has 4 unspecified atom stereocenters. The number of fused-ring (bicyclic) bond motifs is 1. The number of carbonyl (C=O) groups excluding carboxylic acids is 1. The summed E-state index contributed by atoms with van der Waals surface area (Å²) in [5.41, 5.74) is 6.41. The van der Waals surface area contributed by atoms with Crippen LogP contribution in [0.1, 0.15) is 23.2 Å². The number of carbonyl (C=O) groups is 1. The number of ether oxygens (including phenoxy) is 1. The normalized spacial score (nSPS) is 32.1. The molecule has 0 spiro atoms. The fourth-order valence-electron chi connectivity index (χ4n) is 3.06. The second-order valence-electron chi connectivity index (χ2n) is 5.31. The fraction of sp³-hybridized carbons (Fsp3) is 0.500. The van der Waals surface area contributed by atoms with E-state index in [9.17, 15) is 4.79 Å². The summed E-state index contributed by atoms with van der Waals surface area (Å²) in [5, 5.41) is 3.58. The highest BCUT2D eigenvalue weighted by molar-refractivity contribution is 6.39. The first-order valence-corrected chi connectivity index (χ1v) is 7.47. The second kappa shape index (κ2) is 5.53. The van der Waals surface area contributed by atoms with Gasteiger partial charge in [-0.2, -0.15) is 0 Å². The zero-order valence-corrected chi connectivity index (χ0v) is 12.3. The average molecular weight is 315 g/mol. The Morgan fingerprint density at radius 3 is 2.75 bits per heavy atom. The van der Waals surface area contributed by atoms with Crippen LogP contribution in [0.25, 0.3) is 0 Å². The first-order valence-electron chi connectivity index (χ1n) is 6.71. The van der Waals surface area contributed by atoms with E-state index in [1.54, 1.807) is 18.2 Å². The highest BCUT2D eigenvalue weighted by Crippen LogP contribution is 2.37. The number of hydrogen-bond donors (Lipinski definition) is 2. The van der Waals surface area contributed by atoms with Crippen LogP contribution in [0.3, 0.4) is 0 Å². The van der Waals surface area contributed by atoms with Crippen LogP contribution in [0.4, 0.5) is 0 Å². The van der Waals surface area contributed by atoms with E-state index in [0.717, 1.165) is 19.4 Å². The van der Waals surface area contributed by atoms with Gasteiger partial charge in [0, 0.05) is 18.6 Å². The van der Waals surface area contributed by atoms with Gasteiger partial charge in [0.25, 0.3) is 5.91 Å². The van der Waals surface area contributed by atoms with Crippen molar-refractivity contribution in [3.8, 4) is 0 Å². The van der Waals surface area contributed by atoms with Crippen molar-refractivity contribution in [2.24, 2.45) is 11.7 Å². The van der Waals surface area contributed by atoms with Gasteiger partial charge in [-0.05, 0) is 25.0 Å². The van der Waals surface area contributed by atoms with Crippen molar-refractivity contribution in [1.82, 2.24) is 5.32 Å². The van der Waals surface area contributed by atoms with Crippen molar-refractivity contribution in [2.45, 2.75) is 31.0 Å². The van der Waals surface area contributed by atoms with Crippen molar-refractivity contribution in [3.63, 3.8) is 0 Å². The lowest BCUT2D eigenvalue weighted by Gasteiger charge is -2.52. The lowest BCUT2D eigenvalue weighted by molar-refractivity contribution is -0.117. The van der Waals surface area contributed by atoms with Gasteiger partial charge in [-0.15, -0.1) is 0 Å². The summed E-state index contributed by atoms with van der Waals surface area (Å²) in [5.74, 6) is 0.0458. The summed E-state index contributed by atoms with van der Waals surface area (Å²) in [6.07, 6.45) is 2.11. The van der Waals surface area contributed by atoms with Crippen molar-refractivity contribution in [3.05, 3.63) is 33.8 Å². The summed E-state index contributed by atoms with van der Waals surface area (Å²) in [6.45, 7) is 0.729. The third-order valence-corrected chi connectivity index (χ3v) is 4.79. The van der Waals surface area contributed by atoms with E-state index in [0.29, 0.717) is 21.5 Å². The van der Waals surface area contributed by atoms with Crippen LogP contribution in [0, 0.1) is 5.92 Å². The van der Waals surface area contributed by atoms with Crippen LogP contribution in [0.2, 0.25) is 10.0 Å². The SMILES string of the molecule is NC1C2CCCOC2C1NC(=O)c1c(Cl)cccc1Cl. The van der Waals surface area contributed by atoms with Gasteiger partial charge in [-0.25, -0.2) is 0 Å². The van der Waals surface area contributed by atoms with Crippen LogP contribution < -0.4 is 11.1 Å². The van der Waals surface area contributed by atoms with Gasteiger partial charge < -0.3 is 15.8 Å². The summed E-state index contributed by atoms with van der Waals surface area (Å²) < 4.78 is 5.70. The number of rotatable bonds is 2. The van der Waals surface area contributed by atoms with Crippen LogP contribution in [0.15, 0.2) is 18.2 Å². The molecule has 1 aromatic rings. The molecule has 1 aromatic carbocycles. The maximum atomic E-state index is 12.3. The largest absolute Gasteiger partial charge is 0.376 e. The Hall–Kier alpha value is -0.810. The highest BCUT2D eigenvalue weighted by atomic mass is 35.5. The molecule has 108 valence electrons. The van der Waals surface area contributed by atoms with E-state index in [-0.39, 0.29) is 24.1 Å². The summed E-state index contributed by atoms with van der Waals surface area (Å²) >= 11 is 12.1. The van der Waals surface area contributed by atoms with Crippen LogP contribution in [-0.4, -0.2) is 30.7 Å². The Morgan fingerprint density at radius 2 is 2.05 bits per heavy atom. The zero-order chi connectivity index (χ0) is 14.3. The quantitative estimate of drug-likeness (QED) is 0.879. The fourth-order valence-corrected chi connectivity index (χ4v) is 3.63. The Bertz CT molecular complexity index is 518. The molecule has 2 aliphatic rings. The van der Waals surface area contributed by atoms with E-state index in [2.05, 4.69) is 5.32 Å². The van der Waals surface area contributed by atoms with E-state index < -0.39 is 0 Å². The lowest BCUT2D eigenvalue weighted by atomic mass is 9.68. The molecule has 4 nitrogen and oxygen atoms in total. The van der Waals surface area contributed by atoms with Crippen molar-refractivity contribution >= 4 is 29.1 Å². The molecule has 1 aliphatic heterocycles. The molecule has 4 atom stereocenters. The first kappa shape index (κ1) is 14.1. The van der Waals surface area contributed by atoms with Gasteiger partial charge >= 0.3 is 0 Å². The van der Waals surface area contributed by atoms with E-state index >= 15 is 0 Å². The van der Waals surface area contributed by atoms with E-state index in [1.165, 1.54) is 0 Å². The predicted molar refractivity (Wildman–Crippen MR) is 78.2 cm³/mol. The Labute approximate surface area is 127 Å². The Balaban J connectivity index is 1.73. The van der Waals surface area contributed by atoms with E-state index in [1.807, 2.05) is 0 Å². The maximum absolute atomic E-state index is 12.3. The van der Waals surface area contributed by atoms with Crippen molar-refractivity contribution in [2.75, 3.05) is 6.61 Å². The molecular weight excluding hydrogens is 299 g/mol. The molecule has 1 aliphatic carbocycles. The Kier molecular flexibility index (Phi) is 3.91. The lowest BCUT2D eigenvalue weighted by Crippen LogP contribution is -2.72. The number of nitrogens with one attached hydrogen (secondary N) is 1. The molecule has 3 N–H and O–H groups in total. The first-order chi connectivity index (χ1) is 9.59. The third-order valence-electron chi connectivity index (χ3n) is 4.16. The number of amides is 1. The van der Waals surface area contributed by atoms with Crippen LogP contribution in [-0.2, 0) is 4.74 Å². The minimum Gasteiger partial charge on any atom is -0.376 e. The molecule has 6 heteroatoms. The molecule has 1 saturated heterocycles. The third kappa shape index (κ3) is 2.31. The summed E-state index contributed by atoms with van der Waals surface area (Å²) in [6, 6.07) is 4.76. The number of halogens is 2. The molecule has 20 heavy (non-hydrogen) atoms. The van der Waals surface area contributed by atoms with Crippen LogP contribution in [0.5, 0.6) is 0 Å². The highest BCUT2D eigenvalue weighted by Gasteiger charge is 2.51. The molecule has 0 aromatic heterocycles. The van der Waals surface area contributed by atoms with Gasteiger partial charge in [0.2, 0.25) is 0 Å². The minimum atomic E-state index is -0.298. The van der Waals surface area contributed by atoms with Gasteiger partial charge in [0.05, 0.1) is 27.8 Å². The molecule has 1 amide bonds. The summed E-state index contributed by atoms with van der Waals surface area (Å²) in [4.78, 5) is 12.3. The predicted octanol–water partition coefficient (Wildman–Crippen LogP) is 2.23. The minimum absolute atomic E-state index is 0.0176. The van der Waals surface area contributed by atoms with Crippen molar-refractivity contribution < 1.29 is 9.53 Å². The van der Waals surface area contributed by atoms with Crippen LogP contribution >= 0.6 is 23.2 Å². The van der Waals surface area contributed by atoms with E-state index in [4.69, 9.17) is 33.7 Å². The molecule has 3 rings (SSSR count). The molecule has 1 saturated carbocycles. The van der Waals surface area contributed by atoms with Crippen molar-refractivity contribution in [1.29, 1.82) is 0 Å². The molecule has 0 bridgehead atoms. The number of benzene rings is 1. The smallest absolute Gasteiger partial charge is 0.254 e. The summed E-state index contributed by atoms with van der Waals surface area (Å²) in [7, 11) is 0. The topological polar surface area (TPSA) is 64.3 Å². The Morgan fingerprint density at radius 1 is 1.35 bits per heavy atom. The van der Waals surface area contributed by atoms with Gasteiger partial charge in [-0.3, -0.25) is 4.79 Å². The van der Waals surface area contributed by atoms with Gasteiger partial charge in [-0.1, -0.05) is 29.3 Å². The molecule has 0 radical (unpaired) electrons. The molecular formula is C14H16Cl2N2O2. The second-order valence-corrected chi connectivity index (χ2v) is 6.13. The molecule has 2 fully saturated rings. The van der Waals surface area contributed by atoms with Gasteiger partial charge in [0.1, 0.15) is 0 Å². The number of nitrogens with two attached hydrogens (primary N) is 1. The standard InChI is InChI=1S/C14H16Cl2N2O2/c15-8-4-1-5-9(16)10(8)14(19)18-12-11(17)7-3-2-6-20-13(7)12/h1,4-5,7,11-13H,2-3,6,17H2,(H,18,19). The molecule has 1 heterocycles. The average Bonchev–Trinajstić information content (AvgIpc) is 2.44. The number of hydrogen-bond acceptors (Lipinski definition) is 3. The monoisotopic (exact) mass is 314 g/mol. The zero-order valence-electron chi connectivity index (χ0n) is 10.8. The van der Waals surface area contributed by atoms with Gasteiger partial charge in [0.15, 0.2) is 0 Å².